The van der Waals surface area contributed by atoms with E-state index >= 15 is 0 Å². The minimum absolute atomic E-state index is 0.117. The third-order valence-electron chi connectivity index (χ3n) is 4.00. The predicted octanol–water partition coefficient (Wildman–Crippen LogP) is 0.742. The van der Waals surface area contributed by atoms with Crippen LogP contribution in [0.3, 0.4) is 0 Å². The lowest BCUT2D eigenvalue weighted by Gasteiger charge is -2.36. The van der Waals surface area contributed by atoms with Crippen LogP contribution in [0, 0.1) is 11.8 Å². The van der Waals surface area contributed by atoms with Gasteiger partial charge in [0, 0.05) is 13.2 Å². The zero-order chi connectivity index (χ0) is 12.0. The molecule has 0 aromatic heterocycles. The summed E-state index contributed by atoms with van der Waals surface area (Å²) in [6.45, 7) is 3.12. The molecular formula is C12H18N2O3. The van der Waals surface area contributed by atoms with Crippen molar-refractivity contribution in [2.75, 3.05) is 13.2 Å². The van der Waals surface area contributed by atoms with Crippen LogP contribution in [0.5, 0.6) is 0 Å². The van der Waals surface area contributed by atoms with Crippen molar-refractivity contribution in [1.82, 2.24) is 10.2 Å². The maximum Gasteiger partial charge on any atom is 0.324 e. The Morgan fingerprint density at radius 3 is 2.76 bits per heavy atom. The summed E-state index contributed by atoms with van der Waals surface area (Å²) in [6, 6.07) is -0.0766. The Morgan fingerprint density at radius 1 is 1.29 bits per heavy atom. The van der Waals surface area contributed by atoms with Gasteiger partial charge in [-0.1, -0.05) is 6.92 Å². The molecule has 3 amide bonds. The van der Waals surface area contributed by atoms with Gasteiger partial charge in [0.2, 0.25) is 5.91 Å². The number of nitrogens with zero attached hydrogens (tertiary/aromatic N) is 1. The number of ether oxygens (including phenoxy) is 1. The SMILES string of the molecule is CC1CN(C2CCOC2C2CC2)C(=O)NC1=O. The fourth-order valence-corrected chi connectivity index (χ4v) is 2.86. The van der Waals surface area contributed by atoms with Gasteiger partial charge in [-0.25, -0.2) is 4.79 Å². The topological polar surface area (TPSA) is 58.6 Å². The van der Waals surface area contributed by atoms with Crippen LogP contribution < -0.4 is 5.32 Å². The Balaban J connectivity index is 1.73. The van der Waals surface area contributed by atoms with Crippen LogP contribution in [0.25, 0.3) is 0 Å². The summed E-state index contributed by atoms with van der Waals surface area (Å²) >= 11 is 0. The first-order valence-corrected chi connectivity index (χ1v) is 6.40. The second-order valence-corrected chi connectivity index (χ2v) is 5.38. The summed E-state index contributed by atoms with van der Waals surface area (Å²) in [5, 5.41) is 2.43. The van der Waals surface area contributed by atoms with E-state index in [2.05, 4.69) is 5.32 Å². The van der Waals surface area contributed by atoms with Crippen LogP contribution in [0.15, 0.2) is 0 Å². The number of nitrogens with one attached hydrogen (secondary N) is 1. The molecule has 3 aliphatic rings. The van der Waals surface area contributed by atoms with E-state index in [0.717, 1.165) is 13.0 Å². The van der Waals surface area contributed by atoms with Gasteiger partial charge < -0.3 is 9.64 Å². The summed E-state index contributed by atoms with van der Waals surface area (Å²) in [5.74, 6) is 0.351. The molecule has 0 spiro atoms. The van der Waals surface area contributed by atoms with Crippen molar-refractivity contribution in [3.8, 4) is 0 Å². The van der Waals surface area contributed by atoms with Crippen LogP contribution in [-0.2, 0) is 9.53 Å². The Morgan fingerprint density at radius 2 is 2.06 bits per heavy atom. The van der Waals surface area contributed by atoms with Crippen molar-refractivity contribution in [3.63, 3.8) is 0 Å². The van der Waals surface area contributed by atoms with E-state index in [1.54, 1.807) is 0 Å². The van der Waals surface area contributed by atoms with Crippen LogP contribution in [0.2, 0.25) is 0 Å². The number of urea groups is 1. The third-order valence-corrected chi connectivity index (χ3v) is 4.00. The Kier molecular flexibility index (Phi) is 2.58. The average Bonchev–Trinajstić information content (AvgIpc) is 3.02. The molecular weight excluding hydrogens is 220 g/mol. The first-order valence-electron chi connectivity index (χ1n) is 6.40. The van der Waals surface area contributed by atoms with Gasteiger partial charge in [-0.2, -0.15) is 0 Å². The molecule has 0 bridgehead atoms. The molecule has 0 aromatic carbocycles. The molecule has 1 aliphatic carbocycles. The molecule has 3 atom stereocenters. The van der Waals surface area contributed by atoms with Crippen LogP contribution in [0.4, 0.5) is 4.79 Å². The molecule has 2 aliphatic heterocycles. The van der Waals surface area contributed by atoms with E-state index in [1.807, 2.05) is 11.8 Å². The molecule has 1 N–H and O–H groups in total. The molecule has 0 radical (unpaired) electrons. The zero-order valence-electron chi connectivity index (χ0n) is 10.0. The smallest absolute Gasteiger partial charge is 0.324 e. The molecule has 17 heavy (non-hydrogen) atoms. The van der Waals surface area contributed by atoms with Gasteiger partial charge in [0.15, 0.2) is 0 Å². The highest BCUT2D eigenvalue weighted by atomic mass is 16.5. The third kappa shape index (κ3) is 1.92. The number of rotatable bonds is 2. The van der Waals surface area contributed by atoms with Crippen LogP contribution in [0.1, 0.15) is 26.2 Å². The monoisotopic (exact) mass is 238 g/mol. The molecule has 0 aromatic rings. The van der Waals surface area contributed by atoms with Gasteiger partial charge in [-0.3, -0.25) is 10.1 Å². The van der Waals surface area contributed by atoms with Crippen molar-refractivity contribution < 1.29 is 14.3 Å². The molecule has 5 heteroatoms. The number of hydrogen-bond acceptors (Lipinski definition) is 3. The summed E-state index contributed by atoms with van der Waals surface area (Å²) in [4.78, 5) is 25.1. The molecule has 94 valence electrons. The zero-order valence-corrected chi connectivity index (χ0v) is 10.0. The minimum atomic E-state index is -0.241. The Bertz CT molecular complexity index is 354. The second kappa shape index (κ2) is 3.98. The van der Waals surface area contributed by atoms with Crippen LogP contribution in [-0.4, -0.2) is 42.1 Å². The van der Waals surface area contributed by atoms with E-state index in [9.17, 15) is 9.59 Å². The van der Waals surface area contributed by atoms with Crippen molar-refractivity contribution in [2.24, 2.45) is 11.8 Å². The number of amides is 3. The summed E-state index contributed by atoms with van der Waals surface area (Å²) in [6.07, 6.45) is 3.52. The van der Waals surface area contributed by atoms with Gasteiger partial charge in [-0.15, -0.1) is 0 Å². The Labute approximate surface area is 100 Å². The van der Waals surface area contributed by atoms with E-state index in [0.29, 0.717) is 12.5 Å². The molecule has 3 fully saturated rings. The van der Waals surface area contributed by atoms with Crippen molar-refractivity contribution in [2.45, 2.75) is 38.3 Å². The minimum Gasteiger partial charge on any atom is -0.376 e. The highest BCUT2D eigenvalue weighted by Gasteiger charge is 2.46. The van der Waals surface area contributed by atoms with Gasteiger partial charge in [0.25, 0.3) is 0 Å². The average molecular weight is 238 g/mol. The van der Waals surface area contributed by atoms with Gasteiger partial charge in [0.05, 0.1) is 18.1 Å². The maximum absolute atomic E-state index is 11.9. The summed E-state index contributed by atoms with van der Waals surface area (Å²) in [5.41, 5.74) is 0. The predicted molar refractivity (Wildman–Crippen MR) is 60.3 cm³/mol. The van der Waals surface area contributed by atoms with Gasteiger partial charge >= 0.3 is 6.03 Å². The summed E-state index contributed by atoms with van der Waals surface area (Å²) in [7, 11) is 0. The lowest BCUT2D eigenvalue weighted by Crippen LogP contribution is -2.58. The lowest BCUT2D eigenvalue weighted by atomic mass is 10.0. The number of carbonyl (C=O) groups is 2. The largest absolute Gasteiger partial charge is 0.376 e. The fourth-order valence-electron chi connectivity index (χ4n) is 2.86. The maximum atomic E-state index is 11.9. The number of carbonyl (C=O) groups excluding carboxylic acids is 2. The van der Waals surface area contributed by atoms with E-state index < -0.39 is 0 Å². The quantitative estimate of drug-likeness (QED) is 0.772. The highest BCUT2D eigenvalue weighted by molar-refractivity contribution is 5.97. The molecule has 3 rings (SSSR count). The van der Waals surface area contributed by atoms with Crippen molar-refractivity contribution in [3.05, 3.63) is 0 Å². The fraction of sp³-hybridized carbons (Fsp3) is 0.833. The summed E-state index contributed by atoms with van der Waals surface area (Å²) < 4.78 is 5.75. The van der Waals surface area contributed by atoms with E-state index in [1.165, 1.54) is 12.8 Å². The molecule has 5 nitrogen and oxygen atoms in total. The normalized spacial score (nSPS) is 38.4. The first-order chi connectivity index (χ1) is 8.16. The Hall–Kier alpha value is -1.10. The molecule has 1 saturated carbocycles. The van der Waals surface area contributed by atoms with E-state index in [-0.39, 0.29) is 30.0 Å². The number of hydrogen-bond donors (Lipinski definition) is 1. The van der Waals surface area contributed by atoms with Crippen LogP contribution >= 0.6 is 0 Å². The van der Waals surface area contributed by atoms with Gasteiger partial charge in [0.1, 0.15) is 0 Å². The molecule has 2 heterocycles. The first kappa shape index (κ1) is 11.0. The standard InChI is InChI=1S/C12H18N2O3/c1-7-6-14(12(16)13-11(7)15)9-4-5-17-10(9)8-2-3-8/h7-10H,2-6H2,1H3,(H,13,15,16). The molecule has 2 saturated heterocycles. The van der Waals surface area contributed by atoms with Crippen molar-refractivity contribution in [1.29, 1.82) is 0 Å². The lowest BCUT2D eigenvalue weighted by molar-refractivity contribution is -0.126. The molecule has 3 unspecified atom stereocenters. The number of imide groups is 1. The van der Waals surface area contributed by atoms with Gasteiger partial charge in [-0.05, 0) is 25.2 Å². The highest BCUT2D eigenvalue weighted by Crippen LogP contribution is 2.40. The van der Waals surface area contributed by atoms with E-state index in [4.69, 9.17) is 4.74 Å². The van der Waals surface area contributed by atoms with Crippen molar-refractivity contribution >= 4 is 11.9 Å². The second-order valence-electron chi connectivity index (χ2n) is 5.38.